The van der Waals surface area contributed by atoms with Gasteiger partial charge in [0.25, 0.3) is 0 Å². The molecule has 3 nitrogen and oxygen atoms in total. The predicted octanol–water partition coefficient (Wildman–Crippen LogP) is 1.41. The molecule has 5 heteroatoms. The summed E-state index contributed by atoms with van der Waals surface area (Å²) in [5, 5.41) is 0. The molecule has 0 unspecified atom stereocenters. The lowest BCUT2D eigenvalue weighted by Crippen LogP contribution is -2.20. The van der Waals surface area contributed by atoms with Gasteiger partial charge in [-0.15, -0.1) is 0 Å². The van der Waals surface area contributed by atoms with Crippen molar-refractivity contribution in [3.05, 3.63) is 29.3 Å². The molecule has 0 fully saturated rings. The van der Waals surface area contributed by atoms with Crippen molar-refractivity contribution in [3.63, 3.8) is 0 Å². The number of likely N-dealkylation sites (N-methyl/N-ethyl adjacent to an activating group) is 1. The van der Waals surface area contributed by atoms with Crippen LogP contribution >= 0.6 is 0 Å². The van der Waals surface area contributed by atoms with Gasteiger partial charge in [-0.05, 0) is 44.8 Å². The zero-order valence-electron chi connectivity index (χ0n) is 10.2. The molecule has 0 saturated carbocycles. The quantitative estimate of drug-likeness (QED) is 0.822. The predicted molar refractivity (Wildman–Crippen MR) is 63.2 cm³/mol. The van der Waals surface area contributed by atoms with Crippen LogP contribution in [0.25, 0.3) is 0 Å². The molecule has 0 aromatic heterocycles. The van der Waals surface area contributed by atoms with Crippen molar-refractivity contribution in [1.82, 2.24) is 4.90 Å². The highest BCUT2D eigenvalue weighted by Gasteiger charge is 2.12. The fraction of sp³-hybridized carbons (Fsp3) is 0.500. The summed E-state index contributed by atoms with van der Waals surface area (Å²) in [6, 6.07) is 2.53. The van der Waals surface area contributed by atoms with Crippen LogP contribution < -0.4 is 10.5 Å². The highest BCUT2D eigenvalue weighted by atomic mass is 19.1. The third-order valence-electron chi connectivity index (χ3n) is 2.28. The number of nitrogens with two attached hydrogens (primary N) is 1. The molecule has 0 aliphatic heterocycles. The second-order valence-electron chi connectivity index (χ2n) is 4.08. The van der Waals surface area contributed by atoms with Gasteiger partial charge >= 0.3 is 0 Å². The lowest BCUT2D eigenvalue weighted by Gasteiger charge is -2.12. The molecule has 0 saturated heterocycles. The van der Waals surface area contributed by atoms with Crippen molar-refractivity contribution in [2.24, 2.45) is 5.73 Å². The smallest absolute Gasteiger partial charge is 0.190 e. The van der Waals surface area contributed by atoms with Crippen LogP contribution in [0.2, 0.25) is 0 Å². The van der Waals surface area contributed by atoms with E-state index in [4.69, 9.17) is 10.5 Å². The van der Waals surface area contributed by atoms with Crippen LogP contribution in [0.5, 0.6) is 5.75 Å². The Morgan fingerprint density at radius 3 is 2.29 bits per heavy atom. The van der Waals surface area contributed by atoms with E-state index in [1.165, 1.54) is 12.1 Å². The average Bonchev–Trinajstić information content (AvgIpc) is 2.22. The minimum absolute atomic E-state index is 0.247. The van der Waals surface area contributed by atoms with Crippen LogP contribution in [0.1, 0.15) is 5.56 Å². The van der Waals surface area contributed by atoms with Crippen LogP contribution in [0.15, 0.2) is 12.1 Å². The molecule has 0 aliphatic rings. The van der Waals surface area contributed by atoms with Crippen LogP contribution in [-0.2, 0) is 6.42 Å². The molecule has 0 radical (unpaired) electrons. The lowest BCUT2D eigenvalue weighted by atomic mass is 10.1. The van der Waals surface area contributed by atoms with E-state index in [1.807, 2.05) is 19.0 Å². The van der Waals surface area contributed by atoms with E-state index in [0.717, 1.165) is 0 Å². The van der Waals surface area contributed by atoms with Gasteiger partial charge in [0.1, 0.15) is 6.61 Å². The van der Waals surface area contributed by atoms with E-state index in [1.54, 1.807) is 0 Å². The molecule has 0 atom stereocenters. The Balaban J connectivity index is 2.72. The number of hydrogen-bond acceptors (Lipinski definition) is 3. The summed E-state index contributed by atoms with van der Waals surface area (Å²) in [5.41, 5.74) is 5.87. The van der Waals surface area contributed by atoms with E-state index in [2.05, 4.69) is 0 Å². The van der Waals surface area contributed by atoms with Gasteiger partial charge in [-0.2, -0.15) is 0 Å². The summed E-state index contributed by atoms with van der Waals surface area (Å²) in [7, 11) is 3.72. The molecule has 2 N–H and O–H groups in total. The Labute approximate surface area is 100 Å². The third kappa shape index (κ3) is 4.28. The van der Waals surface area contributed by atoms with Gasteiger partial charge in [0.2, 0.25) is 0 Å². The number of hydrogen-bond donors (Lipinski definition) is 1. The summed E-state index contributed by atoms with van der Waals surface area (Å²) >= 11 is 0. The van der Waals surface area contributed by atoms with Gasteiger partial charge in [-0.1, -0.05) is 0 Å². The first kappa shape index (κ1) is 13.9. The SMILES string of the molecule is CN(C)CCOc1c(F)cc(CCN)cc1F. The molecule has 0 heterocycles. The van der Waals surface area contributed by atoms with Crippen molar-refractivity contribution in [2.45, 2.75) is 6.42 Å². The number of rotatable bonds is 6. The summed E-state index contributed by atoms with van der Waals surface area (Å²) in [6.07, 6.45) is 0.450. The Bertz CT molecular complexity index is 347. The molecule has 0 spiro atoms. The Kier molecular flexibility index (Phi) is 5.31. The van der Waals surface area contributed by atoms with Crippen LogP contribution in [0, 0.1) is 11.6 Å². The molecule has 1 aromatic carbocycles. The summed E-state index contributed by atoms with van der Waals surface area (Å²) in [5.74, 6) is -1.66. The van der Waals surface area contributed by atoms with Crippen molar-refractivity contribution in [2.75, 3.05) is 33.8 Å². The summed E-state index contributed by atoms with van der Waals surface area (Å²) in [6.45, 7) is 1.21. The lowest BCUT2D eigenvalue weighted by molar-refractivity contribution is 0.242. The van der Waals surface area contributed by atoms with E-state index in [-0.39, 0.29) is 12.4 Å². The Morgan fingerprint density at radius 1 is 1.24 bits per heavy atom. The van der Waals surface area contributed by atoms with Crippen molar-refractivity contribution < 1.29 is 13.5 Å². The standard InChI is InChI=1S/C12H18F2N2O/c1-16(2)5-6-17-12-10(13)7-9(3-4-15)8-11(12)14/h7-8H,3-6,15H2,1-2H3. The second kappa shape index (κ2) is 6.51. The molecular weight excluding hydrogens is 226 g/mol. The van der Waals surface area contributed by atoms with Crippen molar-refractivity contribution in [3.8, 4) is 5.75 Å². The van der Waals surface area contributed by atoms with Crippen LogP contribution in [0.4, 0.5) is 8.78 Å². The van der Waals surface area contributed by atoms with Crippen LogP contribution in [-0.4, -0.2) is 38.7 Å². The van der Waals surface area contributed by atoms with Gasteiger partial charge in [-0.25, -0.2) is 8.78 Å². The molecule has 1 rings (SSSR count). The van der Waals surface area contributed by atoms with E-state index in [0.29, 0.717) is 25.1 Å². The topological polar surface area (TPSA) is 38.5 Å². The zero-order valence-corrected chi connectivity index (χ0v) is 10.2. The number of ether oxygens (including phenoxy) is 1. The highest BCUT2D eigenvalue weighted by Crippen LogP contribution is 2.23. The fourth-order valence-electron chi connectivity index (χ4n) is 1.39. The number of halogens is 2. The zero-order chi connectivity index (χ0) is 12.8. The Morgan fingerprint density at radius 2 is 1.82 bits per heavy atom. The first-order valence-electron chi connectivity index (χ1n) is 5.50. The second-order valence-corrected chi connectivity index (χ2v) is 4.08. The maximum absolute atomic E-state index is 13.5. The summed E-state index contributed by atoms with van der Waals surface area (Å²) < 4.78 is 32.2. The molecular formula is C12H18F2N2O. The first-order chi connectivity index (χ1) is 8.04. The highest BCUT2D eigenvalue weighted by molar-refractivity contribution is 5.31. The monoisotopic (exact) mass is 244 g/mol. The van der Waals surface area contributed by atoms with Crippen LogP contribution in [0.3, 0.4) is 0 Å². The molecule has 0 aliphatic carbocycles. The molecule has 96 valence electrons. The van der Waals surface area contributed by atoms with Gasteiger partial charge in [0.15, 0.2) is 17.4 Å². The normalized spacial score (nSPS) is 10.9. The number of nitrogens with zero attached hydrogens (tertiary/aromatic N) is 1. The Hall–Kier alpha value is -1.20. The van der Waals surface area contributed by atoms with Gasteiger partial charge in [0.05, 0.1) is 0 Å². The van der Waals surface area contributed by atoms with E-state index in [9.17, 15) is 8.78 Å². The van der Waals surface area contributed by atoms with Gasteiger partial charge < -0.3 is 15.4 Å². The molecule has 0 bridgehead atoms. The van der Waals surface area contributed by atoms with E-state index < -0.39 is 11.6 Å². The van der Waals surface area contributed by atoms with Crippen molar-refractivity contribution >= 4 is 0 Å². The third-order valence-corrected chi connectivity index (χ3v) is 2.28. The molecule has 0 amide bonds. The first-order valence-corrected chi connectivity index (χ1v) is 5.50. The fourth-order valence-corrected chi connectivity index (χ4v) is 1.39. The average molecular weight is 244 g/mol. The van der Waals surface area contributed by atoms with Crippen molar-refractivity contribution in [1.29, 1.82) is 0 Å². The maximum Gasteiger partial charge on any atom is 0.190 e. The van der Waals surface area contributed by atoms with Gasteiger partial charge in [-0.3, -0.25) is 0 Å². The summed E-state index contributed by atoms with van der Waals surface area (Å²) in [4.78, 5) is 1.87. The van der Waals surface area contributed by atoms with E-state index >= 15 is 0 Å². The molecule has 17 heavy (non-hydrogen) atoms. The maximum atomic E-state index is 13.5. The van der Waals surface area contributed by atoms with Gasteiger partial charge in [0, 0.05) is 6.54 Å². The molecule has 1 aromatic rings. The minimum atomic E-state index is -0.674. The minimum Gasteiger partial charge on any atom is -0.486 e. The number of benzene rings is 1. The largest absolute Gasteiger partial charge is 0.486 e.